The molecule has 1 aromatic rings. The van der Waals surface area contributed by atoms with Crippen LogP contribution in [0, 0.1) is 13.8 Å². The van der Waals surface area contributed by atoms with Crippen LogP contribution in [0.3, 0.4) is 0 Å². The molecule has 0 radical (unpaired) electrons. The third-order valence-electron chi connectivity index (χ3n) is 5.41. The average molecular weight is 521 g/mol. The van der Waals surface area contributed by atoms with Crippen LogP contribution in [0.2, 0.25) is 0 Å². The van der Waals surface area contributed by atoms with Crippen LogP contribution in [0.5, 0.6) is 0 Å². The lowest BCUT2D eigenvalue weighted by Gasteiger charge is -2.03. The molecule has 0 bridgehead atoms. The molecule has 1 aliphatic rings. The van der Waals surface area contributed by atoms with Gasteiger partial charge in [0.25, 0.3) is 0 Å². The molecule has 0 fully saturated rings. The molecule has 3 heteroatoms. The summed E-state index contributed by atoms with van der Waals surface area (Å²) in [4.78, 5) is 4.33. The summed E-state index contributed by atoms with van der Waals surface area (Å²) in [7, 11) is 0. The van der Waals surface area contributed by atoms with Crippen molar-refractivity contribution in [1.82, 2.24) is 4.98 Å². The van der Waals surface area contributed by atoms with Gasteiger partial charge in [-0.2, -0.15) is 0 Å². The van der Waals surface area contributed by atoms with E-state index in [1.54, 1.807) is 18.4 Å². The first-order chi connectivity index (χ1) is 18.1. The van der Waals surface area contributed by atoms with Gasteiger partial charge in [0.2, 0.25) is 0 Å². The van der Waals surface area contributed by atoms with Gasteiger partial charge in [-0.05, 0) is 73.6 Å². The zero-order valence-corrected chi connectivity index (χ0v) is 25.2. The number of halogens is 1. The molecule has 0 amide bonds. The second kappa shape index (κ2) is 24.2. The minimum Gasteiger partial charge on any atom is -0.404 e. The monoisotopic (exact) mass is 520 g/mol. The Morgan fingerprint density at radius 1 is 1.00 bits per heavy atom. The molecule has 0 spiro atoms. The van der Waals surface area contributed by atoms with Crippen LogP contribution in [-0.4, -0.2) is 4.98 Å². The van der Waals surface area contributed by atoms with Crippen molar-refractivity contribution in [3.05, 3.63) is 120 Å². The molecule has 0 aliphatic heterocycles. The predicted octanol–water partition coefficient (Wildman–Crippen LogP) is 11.0. The summed E-state index contributed by atoms with van der Waals surface area (Å²) in [6.07, 6.45) is 23.1. The van der Waals surface area contributed by atoms with Crippen molar-refractivity contribution < 1.29 is 4.39 Å². The molecule has 1 heterocycles. The number of pyridine rings is 1. The van der Waals surface area contributed by atoms with Gasteiger partial charge in [-0.15, -0.1) is 0 Å². The van der Waals surface area contributed by atoms with E-state index in [1.807, 2.05) is 39.0 Å². The second-order valence-corrected chi connectivity index (χ2v) is 9.16. The number of nitrogens with zero attached hydrogens (tertiary/aromatic N) is 1. The Bertz CT molecular complexity index is 983. The number of nitrogens with two attached hydrogens (primary N) is 1. The molecule has 210 valence electrons. The van der Waals surface area contributed by atoms with Crippen molar-refractivity contribution in [3.8, 4) is 0 Å². The molecular weight excluding hydrogens is 467 g/mol. The minimum atomic E-state index is -0.396. The van der Waals surface area contributed by atoms with E-state index < -0.39 is 5.83 Å². The van der Waals surface area contributed by atoms with Gasteiger partial charge in [0.15, 0.2) is 0 Å². The topological polar surface area (TPSA) is 38.9 Å². The van der Waals surface area contributed by atoms with Crippen molar-refractivity contribution in [2.75, 3.05) is 0 Å². The normalized spacial score (nSPS) is 13.0. The maximum Gasteiger partial charge on any atom is 0.116 e. The zero-order chi connectivity index (χ0) is 29.3. The second-order valence-electron chi connectivity index (χ2n) is 9.16. The SMILES string of the molecule is C=C(C)c1ccc(C)nc1C.C=C/C=C\C(=C/C(=C)F)CCC.CCC1=C/C(=C/N)C=C1.CCCCCC. The molecule has 0 atom stereocenters. The molecule has 2 nitrogen and oxygen atoms in total. The summed E-state index contributed by atoms with van der Waals surface area (Å²) < 4.78 is 12.4. The van der Waals surface area contributed by atoms with Gasteiger partial charge in [0, 0.05) is 17.6 Å². The summed E-state index contributed by atoms with van der Waals surface area (Å²) >= 11 is 0. The standard InChI is InChI=1S/C11H15F.C10H13N.C8H11N.C6H14/c1-4-6-8-11(7-5-2)9-10(3)12;1-7(2)10-6-5-8(3)11-9(10)4;1-2-7-3-4-8(5-7)6-9;1-3-5-6-4-2/h4,6,8-9H,1,3,5,7H2,2H3;5-6H,1H2,2-4H3;3-6H,2,9H2,1H3;3-6H2,1-2H3/b8-6-,11-9-;;8-6+;. The Hall–Kier alpha value is -3.20. The van der Waals surface area contributed by atoms with E-state index in [2.05, 4.69) is 70.6 Å². The van der Waals surface area contributed by atoms with Gasteiger partial charge in [0.05, 0.1) is 0 Å². The van der Waals surface area contributed by atoms with Gasteiger partial charge in [-0.3, -0.25) is 4.98 Å². The van der Waals surface area contributed by atoms with E-state index in [0.717, 1.165) is 52.9 Å². The van der Waals surface area contributed by atoms with Crippen LogP contribution < -0.4 is 5.73 Å². The fourth-order valence-electron chi connectivity index (χ4n) is 3.36. The highest BCUT2D eigenvalue weighted by Gasteiger charge is 1.99. The van der Waals surface area contributed by atoms with Gasteiger partial charge in [-0.25, -0.2) is 4.39 Å². The van der Waals surface area contributed by atoms with Crippen LogP contribution in [0.25, 0.3) is 5.57 Å². The van der Waals surface area contributed by atoms with E-state index >= 15 is 0 Å². The van der Waals surface area contributed by atoms with Crippen molar-refractivity contribution in [3.63, 3.8) is 0 Å². The number of unbranched alkanes of at least 4 members (excludes halogenated alkanes) is 3. The van der Waals surface area contributed by atoms with E-state index in [4.69, 9.17) is 5.73 Å². The fraction of sp³-hybridized carbons (Fsp3) is 0.400. The van der Waals surface area contributed by atoms with E-state index in [1.165, 1.54) is 37.3 Å². The van der Waals surface area contributed by atoms with Gasteiger partial charge in [0.1, 0.15) is 5.83 Å². The largest absolute Gasteiger partial charge is 0.404 e. The average Bonchev–Trinajstić information content (AvgIpc) is 3.35. The first kappa shape index (κ1) is 37.0. The quantitative estimate of drug-likeness (QED) is 0.246. The lowest BCUT2D eigenvalue weighted by molar-refractivity contribution is 0.668. The van der Waals surface area contributed by atoms with Crippen LogP contribution >= 0.6 is 0 Å². The van der Waals surface area contributed by atoms with Crippen molar-refractivity contribution >= 4 is 5.57 Å². The number of aromatic nitrogens is 1. The molecule has 0 unspecified atom stereocenters. The zero-order valence-electron chi connectivity index (χ0n) is 25.2. The third-order valence-corrected chi connectivity index (χ3v) is 5.41. The molecule has 1 aromatic heterocycles. The summed E-state index contributed by atoms with van der Waals surface area (Å²) in [6.45, 7) is 25.3. The van der Waals surface area contributed by atoms with Crippen molar-refractivity contribution in [2.45, 2.75) is 93.4 Å². The Morgan fingerprint density at radius 3 is 2.00 bits per heavy atom. The summed E-state index contributed by atoms with van der Waals surface area (Å²) in [5.41, 5.74) is 13.1. The number of aryl methyl sites for hydroxylation is 2. The lowest BCUT2D eigenvalue weighted by atomic mass is 10.1. The van der Waals surface area contributed by atoms with Crippen LogP contribution in [-0.2, 0) is 0 Å². The van der Waals surface area contributed by atoms with E-state index in [9.17, 15) is 4.39 Å². The number of hydrogen-bond acceptors (Lipinski definition) is 2. The summed E-state index contributed by atoms with van der Waals surface area (Å²) in [6, 6.07) is 4.08. The number of hydrogen-bond donors (Lipinski definition) is 1. The molecule has 38 heavy (non-hydrogen) atoms. The number of rotatable bonds is 10. The molecule has 0 saturated heterocycles. The predicted molar refractivity (Wildman–Crippen MR) is 171 cm³/mol. The smallest absolute Gasteiger partial charge is 0.116 e. The van der Waals surface area contributed by atoms with Gasteiger partial charge in [-0.1, -0.05) is 122 Å². The highest BCUT2D eigenvalue weighted by Crippen LogP contribution is 2.16. The van der Waals surface area contributed by atoms with Gasteiger partial charge < -0.3 is 5.73 Å². The Kier molecular flexibility index (Phi) is 23.5. The molecular formula is C35H53FN2. The minimum absolute atomic E-state index is 0.396. The van der Waals surface area contributed by atoms with Crippen LogP contribution in [0.1, 0.15) is 96.5 Å². The maximum absolute atomic E-state index is 12.4. The molecule has 0 saturated carbocycles. The maximum atomic E-state index is 12.4. The molecule has 2 rings (SSSR count). The molecule has 1 aliphatic carbocycles. The third kappa shape index (κ3) is 19.9. The first-order valence-electron chi connectivity index (χ1n) is 13.8. The number of allylic oxidation sites excluding steroid dienone is 12. The summed E-state index contributed by atoms with van der Waals surface area (Å²) in [5, 5.41) is 0. The van der Waals surface area contributed by atoms with E-state index in [0.29, 0.717) is 0 Å². The van der Waals surface area contributed by atoms with Gasteiger partial charge >= 0.3 is 0 Å². The Morgan fingerprint density at radius 2 is 1.63 bits per heavy atom. The highest BCUT2D eigenvalue weighted by atomic mass is 19.1. The van der Waals surface area contributed by atoms with Crippen LogP contribution in [0.15, 0.2) is 103 Å². The van der Waals surface area contributed by atoms with Crippen molar-refractivity contribution in [1.29, 1.82) is 0 Å². The van der Waals surface area contributed by atoms with Crippen LogP contribution in [0.4, 0.5) is 4.39 Å². The van der Waals surface area contributed by atoms with E-state index in [-0.39, 0.29) is 0 Å². The first-order valence-corrected chi connectivity index (χ1v) is 13.8. The molecule has 2 N–H and O–H groups in total. The summed E-state index contributed by atoms with van der Waals surface area (Å²) in [5.74, 6) is -0.396. The van der Waals surface area contributed by atoms with Crippen molar-refractivity contribution in [2.24, 2.45) is 5.73 Å². The highest BCUT2D eigenvalue weighted by molar-refractivity contribution is 5.63. The Balaban J connectivity index is 0. The molecule has 0 aromatic carbocycles. The Labute approximate surface area is 234 Å². The fourth-order valence-corrected chi connectivity index (χ4v) is 3.36. The lowest BCUT2D eigenvalue weighted by Crippen LogP contribution is -1.90.